The van der Waals surface area contributed by atoms with Gasteiger partial charge in [0.25, 0.3) is 0 Å². The fraction of sp³-hybridized carbons (Fsp3) is 0.818. The Balaban J connectivity index is 2.08. The van der Waals surface area contributed by atoms with Gasteiger partial charge < -0.3 is 11.5 Å². The largest absolute Gasteiger partial charge is 0.379 e. The highest BCUT2D eigenvalue weighted by molar-refractivity contribution is 8.13. The number of nitrogens with two attached hydrogens (primary N) is 2. The highest BCUT2D eigenvalue weighted by Gasteiger charge is 2.21. The van der Waals surface area contributed by atoms with Crippen molar-refractivity contribution >= 4 is 33.9 Å². The van der Waals surface area contributed by atoms with E-state index >= 15 is 0 Å². The van der Waals surface area contributed by atoms with Crippen LogP contribution < -0.4 is 11.5 Å². The lowest BCUT2D eigenvalue weighted by atomic mass is 9.82. The van der Waals surface area contributed by atoms with Crippen LogP contribution in [0.1, 0.15) is 32.1 Å². The molecule has 0 aromatic carbocycles. The summed E-state index contributed by atoms with van der Waals surface area (Å²) in [6, 6.07) is 0. The summed E-state index contributed by atoms with van der Waals surface area (Å²) in [4.78, 5) is 0. The molecule has 1 fully saturated rings. The fourth-order valence-corrected chi connectivity index (χ4v) is 3.65. The molecule has 0 aromatic rings. The first-order valence-electron chi connectivity index (χ1n) is 6.01. The van der Waals surface area contributed by atoms with Gasteiger partial charge in [-0.05, 0) is 31.1 Å². The molecular formula is C11H22N4S2. The van der Waals surface area contributed by atoms with Crippen LogP contribution in [0.2, 0.25) is 0 Å². The summed E-state index contributed by atoms with van der Waals surface area (Å²) in [5.41, 5.74) is 10.7. The van der Waals surface area contributed by atoms with Crippen LogP contribution in [-0.2, 0) is 0 Å². The van der Waals surface area contributed by atoms with Crippen LogP contribution in [0.4, 0.5) is 0 Å². The molecule has 4 nitrogen and oxygen atoms in total. The van der Waals surface area contributed by atoms with Gasteiger partial charge in [0.05, 0.1) is 0 Å². The number of hydrogen-bond acceptors (Lipinski definition) is 4. The Morgan fingerprint density at radius 1 is 0.941 bits per heavy atom. The fourth-order valence-electron chi connectivity index (χ4n) is 2.23. The third-order valence-corrected chi connectivity index (χ3v) is 4.92. The van der Waals surface area contributed by atoms with Gasteiger partial charge in [0.2, 0.25) is 0 Å². The Kier molecular flexibility index (Phi) is 6.80. The van der Waals surface area contributed by atoms with Crippen molar-refractivity contribution in [3.05, 3.63) is 0 Å². The van der Waals surface area contributed by atoms with Crippen molar-refractivity contribution in [1.82, 2.24) is 0 Å². The Labute approximate surface area is 112 Å². The van der Waals surface area contributed by atoms with Crippen molar-refractivity contribution in [1.29, 1.82) is 10.8 Å². The summed E-state index contributed by atoms with van der Waals surface area (Å²) in [5, 5.41) is 14.8. The standard InChI is InChI=1S/C11H22N4S2/c12-10(13)16-6-5-8-1-3-9(4-2-8)7-17-11(14)15/h8-9H,1-7H2,(H3,12,13)(H3,14,15)/t8-,9-. The van der Waals surface area contributed by atoms with Gasteiger partial charge in [-0.1, -0.05) is 36.4 Å². The van der Waals surface area contributed by atoms with Crippen LogP contribution in [0.25, 0.3) is 0 Å². The van der Waals surface area contributed by atoms with Crippen molar-refractivity contribution in [2.75, 3.05) is 11.5 Å². The first kappa shape index (κ1) is 14.7. The van der Waals surface area contributed by atoms with Gasteiger partial charge in [0.15, 0.2) is 10.3 Å². The van der Waals surface area contributed by atoms with E-state index in [1.807, 2.05) is 0 Å². The van der Waals surface area contributed by atoms with Crippen molar-refractivity contribution in [3.63, 3.8) is 0 Å². The molecule has 0 atom stereocenters. The van der Waals surface area contributed by atoms with E-state index in [1.54, 1.807) is 0 Å². The summed E-state index contributed by atoms with van der Waals surface area (Å²) >= 11 is 2.93. The number of amidine groups is 2. The van der Waals surface area contributed by atoms with Crippen LogP contribution in [0.5, 0.6) is 0 Å². The van der Waals surface area contributed by atoms with Crippen molar-refractivity contribution in [2.45, 2.75) is 32.1 Å². The summed E-state index contributed by atoms with van der Waals surface area (Å²) in [7, 11) is 0. The van der Waals surface area contributed by atoms with Crippen LogP contribution in [0.3, 0.4) is 0 Å². The molecule has 1 aliphatic carbocycles. The molecule has 98 valence electrons. The van der Waals surface area contributed by atoms with Gasteiger partial charge in [0, 0.05) is 11.5 Å². The molecule has 6 N–H and O–H groups in total. The SMILES string of the molecule is N=C(N)SCC[C@H]1CC[C@H](CSC(=N)N)CC1. The predicted octanol–water partition coefficient (Wildman–Crippen LogP) is 2.44. The van der Waals surface area contributed by atoms with Gasteiger partial charge in [-0.15, -0.1) is 0 Å². The van der Waals surface area contributed by atoms with Gasteiger partial charge in [-0.25, -0.2) is 0 Å². The molecule has 0 aromatic heterocycles. The van der Waals surface area contributed by atoms with Crippen LogP contribution in [0, 0.1) is 22.7 Å². The molecule has 0 spiro atoms. The molecule has 1 rings (SSSR count). The zero-order valence-corrected chi connectivity index (χ0v) is 11.7. The molecule has 0 amide bonds. The van der Waals surface area contributed by atoms with E-state index < -0.39 is 0 Å². The number of thioether (sulfide) groups is 2. The molecule has 0 bridgehead atoms. The quantitative estimate of drug-likeness (QED) is 0.457. The maximum Gasteiger partial charge on any atom is 0.151 e. The normalized spacial score (nSPS) is 24.5. The predicted molar refractivity (Wildman–Crippen MR) is 78.8 cm³/mol. The van der Waals surface area contributed by atoms with Gasteiger partial charge in [0.1, 0.15) is 0 Å². The van der Waals surface area contributed by atoms with Crippen LogP contribution in [0.15, 0.2) is 0 Å². The van der Waals surface area contributed by atoms with Gasteiger partial charge in [-0.3, -0.25) is 10.8 Å². The van der Waals surface area contributed by atoms with Crippen molar-refractivity contribution < 1.29 is 0 Å². The monoisotopic (exact) mass is 274 g/mol. The van der Waals surface area contributed by atoms with Gasteiger partial charge in [-0.2, -0.15) is 0 Å². The van der Waals surface area contributed by atoms with E-state index in [9.17, 15) is 0 Å². The number of nitrogens with one attached hydrogen (secondary N) is 2. The van der Waals surface area contributed by atoms with E-state index in [1.165, 1.54) is 55.6 Å². The molecule has 17 heavy (non-hydrogen) atoms. The maximum atomic E-state index is 7.19. The molecule has 1 aliphatic rings. The molecule has 6 heteroatoms. The average molecular weight is 274 g/mol. The minimum absolute atomic E-state index is 0.233. The Bertz CT molecular complexity index is 262. The minimum atomic E-state index is 0.233. The first-order chi connectivity index (χ1) is 8.08. The molecule has 0 aliphatic heterocycles. The highest BCUT2D eigenvalue weighted by Crippen LogP contribution is 2.33. The second-order valence-corrected chi connectivity index (χ2v) is 6.76. The van der Waals surface area contributed by atoms with Gasteiger partial charge >= 0.3 is 0 Å². The van der Waals surface area contributed by atoms with E-state index in [0.29, 0.717) is 0 Å². The Morgan fingerprint density at radius 2 is 1.47 bits per heavy atom. The minimum Gasteiger partial charge on any atom is -0.379 e. The summed E-state index contributed by atoms with van der Waals surface area (Å²) < 4.78 is 0. The zero-order chi connectivity index (χ0) is 12.7. The third kappa shape index (κ3) is 6.83. The van der Waals surface area contributed by atoms with E-state index in [2.05, 4.69) is 0 Å². The molecular weight excluding hydrogens is 252 g/mol. The molecule has 0 saturated heterocycles. The molecule has 1 saturated carbocycles. The Morgan fingerprint density at radius 3 is 2.00 bits per heavy atom. The molecule has 0 radical (unpaired) electrons. The second-order valence-electron chi connectivity index (χ2n) is 4.56. The highest BCUT2D eigenvalue weighted by atomic mass is 32.2. The Hall–Kier alpha value is -0.360. The summed E-state index contributed by atoms with van der Waals surface area (Å²) in [5.74, 6) is 3.53. The van der Waals surface area contributed by atoms with E-state index in [4.69, 9.17) is 22.3 Å². The van der Waals surface area contributed by atoms with E-state index in [0.717, 1.165) is 23.3 Å². The maximum absolute atomic E-state index is 7.19. The number of rotatable bonds is 5. The molecule has 0 unspecified atom stereocenters. The van der Waals surface area contributed by atoms with Crippen LogP contribution >= 0.6 is 23.5 Å². The van der Waals surface area contributed by atoms with E-state index in [-0.39, 0.29) is 10.3 Å². The zero-order valence-electron chi connectivity index (χ0n) is 10.1. The first-order valence-corrected chi connectivity index (χ1v) is 7.98. The lowest BCUT2D eigenvalue weighted by Gasteiger charge is -2.28. The van der Waals surface area contributed by atoms with Crippen LogP contribution in [-0.4, -0.2) is 21.8 Å². The molecule has 0 heterocycles. The van der Waals surface area contributed by atoms with Crippen molar-refractivity contribution in [3.8, 4) is 0 Å². The lowest BCUT2D eigenvalue weighted by Crippen LogP contribution is -2.18. The summed E-state index contributed by atoms with van der Waals surface area (Å²) in [6.45, 7) is 0. The third-order valence-electron chi connectivity index (χ3n) is 3.22. The average Bonchev–Trinajstić information content (AvgIpc) is 2.27. The number of hydrogen-bond donors (Lipinski definition) is 4. The lowest BCUT2D eigenvalue weighted by molar-refractivity contribution is 0.289. The summed E-state index contributed by atoms with van der Waals surface area (Å²) in [6.07, 6.45) is 6.26. The van der Waals surface area contributed by atoms with Crippen molar-refractivity contribution in [2.24, 2.45) is 23.3 Å². The second kappa shape index (κ2) is 7.87. The topological polar surface area (TPSA) is 99.7 Å². The smallest absolute Gasteiger partial charge is 0.151 e.